The zero-order chi connectivity index (χ0) is 22.3. The number of carbonyl (C=O) groups is 1. The maximum Gasteiger partial charge on any atom is 0.223 e. The molecule has 1 N–H and O–H groups in total. The van der Waals surface area contributed by atoms with E-state index in [-0.39, 0.29) is 17.6 Å². The number of hydrogen-bond donors (Lipinski definition) is 1. The van der Waals surface area contributed by atoms with Gasteiger partial charge in [0.05, 0.1) is 7.11 Å². The summed E-state index contributed by atoms with van der Waals surface area (Å²) < 4.78 is 19.5. The minimum absolute atomic E-state index is 0.0336. The number of nitrogens with zero attached hydrogens (tertiary/aromatic N) is 1. The van der Waals surface area contributed by atoms with E-state index in [0.29, 0.717) is 12.1 Å². The molecule has 0 atom stereocenters. The SMILES string of the molecule is COc1ccc(CNC(=O)C2CCN(Cc3ccccc3-c3ccccc3F)CC2)cc1. The first-order valence-electron chi connectivity index (χ1n) is 11.1. The van der Waals surface area contributed by atoms with Gasteiger partial charge >= 0.3 is 0 Å². The molecule has 1 amide bonds. The fourth-order valence-corrected chi connectivity index (χ4v) is 4.27. The Bertz CT molecular complexity index is 1040. The summed E-state index contributed by atoms with van der Waals surface area (Å²) in [7, 11) is 1.64. The number of amides is 1. The van der Waals surface area contributed by atoms with Gasteiger partial charge in [0.2, 0.25) is 5.91 Å². The lowest BCUT2D eigenvalue weighted by molar-refractivity contribution is -0.126. The molecule has 166 valence electrons. The standard InChI is InChI=1S/C27H29FN2O2/c1-32-23-12-10-20(11-13-23)18-29-27(31)21-14-16-30(17-15-21)19-22-6-2-3-7-24(22)25-8-4-5-9-26(25)28/h2-13,21H,14-19H2,1H3,(H,29,31). The summed E-state index contributed by atoms with van der Waals surface area (Å²) in [6.07, 6.45) is 1.66. The monoisotopic (exact) mass is 432 g/mol. The number of hydrogen-bond acceptors (Lipinski definition) is 3. The molecule has 0 bridgehead atoms. The Morgan fingerprint density at radius 2 is 1.62 bits per heavy atom. The van der Waals surface area contributed by atoms with Crippen LogP contribution in [0, 0.1) is 11.7 Å². The number of likely N-dealkylation sites (tertiary alicyclic amines) is 1. The quantitative estimate of drug-likeness (QED) is 0.569. The number of nitrogens with one attached hydrogen (secondary N) is 1. The van der Waals surface area contributed by atoms with Crippen LogP contribution in [0.3, 0.4) is 0 Å². The maximum absolute atomic E-state index is 14.3. The van der Waals surface area contributed by atoms with Gasteiger partial charge in [0.1, 0.15) is 11.6 Å². The molecule has 3 aromatic rings. The van der Waals surface area contributed by atoms with E-state index >= 15 is 0 Å². The van der Waals surface area contributed by atoms with Crippen LogP contribution in [0.15, 0.2) is 72.8 Å². The molecule has 0 saturated carbocycles. The number of carbonyl (C=O) groups excluding carboxylic acids is 1. The predicted octanol–water partition coefficient (Wildman–Crippen LogP) is 5.03. The molecule has 1 aliphatic rings. The number of halogens is 1. The van der Waals surface area contributed by atoms with Crippen molar-refractivity contribution in [3.05, 3.63) is 89.7 Å². The van der Waals surface area contributed by atoms with Crippen molar-refractivity contribution in [3.63, 3.8) is 0 Å². The predicted molar refractivity (Wildman–Crippen MR) is 125 cm³/mol. The Morgan fingerprint density at radius 3 is 2.31 bits per heavy atom. The third-order valence-corrected chi connectivity index (χ3v) is 6.16. The molecular weight excluding hydrogens is 403 g/mol. The molecule has 0 aliphatic carbocycles. The van der Waals surface area contributed by atoms with E-state index in [1.807, 2.05) is 54.6 Å². The number of benzene rings is 3. The molecule has 1 fully saturated rings. The Labute approximate surface area is 189 Å². The van der Waals surface area contributed by atoms with Crippen LogP contribution in [-0.4, -0.2) is 31.0 Å². The fraction of sp³-hybridized carbons (Fsp3) is 0.296. The van der Waals surface area contributed by atoms with Crippen molar-refractivity contribution >= 4 is 5.91 Å². The molecule has 0 aromatic heterocycles. The van der Waals surface area contributed by atoms with Crippen LogP contribution in [0.4, 0.5) is 4.39 Å². The largest absolute Gasteiger partial charge is 0.497 e. The Balaban J connectivity index is 1.31. The van der Waals surface area contributed by atoms with Crippen LogP contribution in [0.2, 0.25) is 0 Å². The first-order chi connectivity index (χ1) is 15.6. The number of piperidine rings is 1. The highest BCUT2D eigenvalue weighted by molar-refractivity contribution is 5.78. The smallest absolute Gasteiger partial charge is 0.223 e. The Kier molecular flexibility index (Phi) is 7.17. The molecule has 0 spiro atoms. The third kappa shape index (κ3) is 5.35. The maximum atomic E-state index is 14.3. The van der Waals surface area contributed by atoms with Gasteiger partial charge < -0.3 is 10.1 Å². The van der Waals surface area contributed by atoms with E-state index < -0.39 is 0 Å². The number of ether oxygens (including phenoxy) is 1. The average Bonchev–Trinajstić information content (AvgIpc) is 2.84. The van der Waals surface area contributed by atoms with Crippen molar-refractivity contribution in [3.8, 4) is 16.9 Å². The van der Waals surface area contributed by atoms with Crippen LogP contribution in [-0.2, 0) is 17.9 Å². The van der Waals surface area contributed by atoms with Gasteiger partial charge in [-0.3, -0.25) is 9.69 Å². The van der Waals surface area contributed by atoms with Crippen LogP contribution >= 0.6 is 0 Å². The minimum Gasteiger partial charge on any atom is -0.497 e. The van der Waals surface area contributed by atoms with Crippen molar-refractivity contribution in [1.29, 1.82) is 0 Å². The van der Waals surface area contributed by atoms with Gasteiger partial charge in [0.25, 0.3) is 0 Å². The highest BCUT2D eigenvalue weighted by Gasteiger charge is 2.25. The zero-order valence-electron chi connectivity index (χ0n) is 18.4. The molecule has 1 aliphatic heterocycles. The molecule has 1 saturated heterocycles. The highest BCUT2D eigenvalue weighted by Crippen LogP contribution is 2.28. The second-order valence-electron chi connectivity index (χ2n) is 8.25. The van der Waals surface area contributed by atoms with Crippen molar-refractivity contribution in [1.82, 2.24) is 10.2 Å². The van der Waals surface area contributed by atoms with E-state index in [1.165, 1.54) is 6.07 Å². The molecule has 4 rings (SSSR count). The molecule has 32 heavy (non-hydrogen) atoms. The van der Waals surface area contributed by atoms with Crippen molar-refractivity contribution in [2.75, 3.05) is 20.2 Å². The summed E-state index contributed by atoms with van der Waals surface area (Å²) >= 11 is 0. The van der Waals surface area contributed by atoms with Crippen LogP contribution in [0.25, 0.3) is 11.1 Å². The second-order valence-corrected chi connectivity index (χ2v) is 8.25. The van der Waals surface area contributed by atoms with Gasteiger partial charge in [-0.15, -0.1) is 0 Å². The zero-order valence-corrected chi connectivity index (χ0v) is 18.4. The first-order valence-corrected chi connectivity index (χ1v) is 11.1. The lowest BCUT2D eigenvalue weighted by Crippen LogP contribution is -2.40. The van der Waals surface area contributed by atoms with Crippen molar-refractivity contribution < 1.29 is 13.9 Å². The van der Waals surface area contributed by atoms with Gasteiger partial charge in [-0.05, 0) is 60.8 Å². The van der Waals surface area contributed by atoms with Gasteiger partial charge in [-0.1, -0.05) is 54.6 Å². The third-order valence-electron chi connectivity index (χ3n) is 6.16. The summed E-state index contributed by atoms with van der Waals surface area (Å²) in [6, 6.07) is 22.6. The van der Waals surface area contributed by atoms with Crippen molar-refractivity contribution in [2.45, 2.75) is 25.9 Å². The molecule has 0 unspecified atom stereocenters. The van der Waals surface area contributed by atoms with E-state index in [4.69, 9.17) is 4.74 Å². The van der Waals surface area contributed by atoms with E-state index in [1.54, 1.807) is 13.2 Å². The van der Waals surface area contributed by atoms with Crippen LogP contribution < -0.4 is 10.1 Å². The number of rotatable bonds is 7. The molecule has 5 heteroatoms. The molecule has 0 radical (unpaired) electrons. The van der Waals surface area contributed by atoms with Crippen LogP contribution in [0.5, 0.6) is 5.75 Å². The lowest BCUT2D eigenvalue weighted by atomic mass is 9.94. The second kappa shape index (κ2) is 10.4. The van der Waals surface area contributed by atoms with Gasteiger partial charge in [-0.2, -0.15) is 0 Å². The molecule has 3 aromatic carbocycles. The lowest BCUT2D eigenvalue weighted by Gasteiger charge is -2.31. The molecular formula is C27H29FN2O2. The van der Waals surface area contributed by atoms with E-state index in [0.717, 1.165) is 54.9 Å². The van der Waals surface area contributed by atoms with Gasteiger partial charge in [-0.25, -0.2) is 4.39 Å². The normalized spacial score (nSPS) is 14.8. The van der Waals surface area contributed by atoms with Crippen LogP contribution in [0.1, 0.15) is 24.0 Å². The highest BCUT2D eigenvalue weighted by atomic mass is 19.1. The summed E-state index contributed by atoms with van der Waals surface area (Å²) in [5.74, 6) is 0.759. The summed E-state index contributed by atoms with van der Waals surface area (Å²) in [5.41, 5.74) is 3.74. The Hall–Kier alpha value is -3.18. The Morgan fingerprint density at radius 1 is 0.969 bits per heavy atom. The topological polar surface area (TPSA) is 41.6 Å². The fourth-order valence-electron chi connectivity index (χ4n) is 4.27. The van der Waals surface area contributed by atoms with Gasteiger partial charge in [0.15, 0.2) is 0 Å². The van der Waals surface area contributed by atoms with Gasteiger partial charge in [0, 0.05) is 24.6 Å². The first kappa shape index (κ1) is 22.0. The summed E-state index contributed by atoms with van der Waals surface area (Å²) in [5, 5.41) is 3.07. The van der Waals surface area contributed by atoms with E-state index in [9.17, 15) is 9.18 Å². The van der Waals surface area contributed by atoms with E-state index in [2.05, 4.69) is 16.3 Å². The average molecular weight is 433 g/mol. The minimum atomic E-state index is -0.202. The van der Waals surface area contributed by atoms with Crippen molar-refractivity contribution in [2.24, 2.45) is 5.92 Å². The molecule has 4 nitrogen and oxygen atoms in total. The summed E-state index contributed by atoms with van der Waals surface area (Å²) in [6.45, 7) is 2.99. The molecule has 1 heterocycles. The number of methoxy groups -OCH3 is 1. The summed E-state index contributed by atoms with van der Waals surface area (Å²) in [4.78, 5) is 15.0.